The molecule has 2 heterocycles. The maximum absolute atomic E-state index is 13.3. The third-order valence-corrected chi connectivity index (χ3v) is 4.40. The quantitative estimate of drug-likeness (QED) is 0.537. The van der Waals surface area contributed by atoms with E-state index in [4.69, 9.17) is 4.52 Å². The van der Waals surface area contributed by atoms with Crippen LogP contribution in [-0.2, 0) is 30.4 Å². The lowest BCUT2D eigenvalue weighted by molar-refractivity contribution is -0.138. The summed E-state index contributed by atoms with van der Waals surface area (Å²) in [5, 5.41) is 8.27. The number of aryl methyl sites for hydroxylation is 1. The van der Waals surface area contributed by atoms with E-state index in [2.05, 4.69) is 29.1 Å². The Labute approximate surface area is 165 Å². The molecule has 0 aliphatic heterocycles. The summed E-state index contributed by atoms with van der Waals surface area (Å²) in [7, 11) is 0. The molecular formula is C20H21F3N4O2. The first kappa shape index (κ1) is 20.8. The van der Waals surface area contributed by atoms with Gasteiger partial charge in [-0.25, -0.2) is 0 Å². The molecule has 0 atom stereocenters. The van der Waals surface area contributed by atoms with Crippen molar-refractivity contribution in [1.29, 1.82) is 0 Å². The standard InChI is InChI=1S/C20H21F3N4O2/c1-4-27-15(9-12(2)3)11-17(25-27)19-24-18(26-29-19)14-6-5-13(7-8-28)16(10-14)20(21,22)23/h5-6,8,10-12H,4,7,9H2,1-3H3. The van der Waals surface area contributed by atoms with Gasteiger partial charge in [0.15, 0.2) is 5.69 Å². The fourth-order valence-electron chi connectivity index (χ4n) is 3.11. The molecule has 0 spiro atoms. The van der Waals surface area contributed by atoms with Crippen LogP contribution in [0.2, 0.25) is 0 Å². The van der Waals surface area contributed by atoms with Crippen molar-refractivity contribution in [2.24, 2.45) is 5.92 Å². The molecule has 0 bridgehead atoms. The third kappa shape index (κ3) is 4.55. The summed E-state index contributed by atoms with van der Waals surface area (Å²) in [6, 6.07) is 5.49. The molecule has 3 aromatic rings. The first-order chi connectivity index (χ1) is 13.7. The number of halogens is 3. The average Bonchev–Trinajstić information content (AvgIpc) is 3.28. The van der Waals surface area contributed by atoms with Gasteiger partial charge in [-0.05, 0) is 37.0 Å². The molecule has 0 fully saturated rings. The topological polar surface area (TPSA) is 73.8 Å². The Balaban J connectivity index is 1.96. The van der Waals surface area contributed by atoms with Gasteiger partial charge in [0.1, 0.15) is 6.29 Å². The smallest absolute Gasteiger partial charge is 0.332 e. The molecule has 0 saturated carbocycles. The van der Waals surface area contributed by atoms with Gasteiger partial charge in [-0.2, -0.15) is 23.3 Å². The number of hydrogen-bond donors (Lipinski definition) is 0. The van der Waals surface area contributed by atoms with Crippen LogP contribution < -0.4 is 0 Å². The molecule has 1 aromatic carbocycles. The Bertz CT molecular complexity index is 1010. The zero-order valence-corrected chi connectivity index (χ0v) is 16.3. The predicted octanol–water partition coefficient (Wildman–Crippen LogP) is 4.58. The molecular weight excluding hydrogens is 385 g/mol. The number of rotatable bonds is 7. The van der Waals surface area contributed by atoms with Gasteiger partial charge in [-0.15, -0.1) is 0 Å². The highest BCUT2D eigenvalue weighted by Gasteiger charge is 2.34. The number of carbonyl (C=O) groups is 1. The van der Waals surface area contributed by atoms with E-state index in [-0.39, 0.29) is 29.3 Å². The number of aldehydes is 1. The predicted molar refractivity (Wildman–Crippen MR) is 99.9 cm³/mol. The van der Waals surface area contributed by atoms with Gasteiger partial charge in [0.2, 0.25) is 5.82 Å². The SMILES string of the molecule is CCn1nc(-c2nc(-c3ccc(CC=O)c(C(F)(F)F)c3)no2)cc1CC(C)C. The van der Waals surface area contributed by atoms with Crippen LogP contribution in [0.5, 0.6) is 0 Å². The van der Waals surface area contributed by atoms with Crippen molar-refractivity contribution in [3.05, 3.63) is 41.1 Å². The van der Waals surface area contributed by atoms with Crippen molar-refractivity contribution < 1.29 is 22.5 Å². The van der Waals surface area contributed by atoms with E-state index in [1.165, 1.54) is 12.1 Å². The maximum atomic E-state index is 13.3. The molecule has 29 heavy (non-hydrogen) atoms. The van der Waals surface area contributed by atoms with Gasteiger partial charge < -0.3 is 9.32 Å². The van der Waals surface area contributed by atoms with Gasteiger partial charge in [0, 0.05) is 24.2 Å². The molecule has 0 aliphatic rings. The second kappa shape index (κ2) is 8.18. The molecule has 0 unspecified atom stereocenters. The molecule has 0 N–H and O–H groups in total. The Kier molecular flexibility index (Phi) is 5.86. The molecule has 0 radical (unpaired) electrons. The van der Waals surface area contributed by atoms with Crippen LogP contribution >= 0.6 is 0 Å². The monoisotopic (exact) mass is 406 g/mol. The van der Waals surface area contributed by atoms with Crippen molar-refractivity contribution in [2.45, 2.75) is 46.3 Å². The maximum Gasteiger partial charge on any atom is 0.416 e. The molecule has 2 aromatic heterocycles. The van der Waals surface area contributed by atoms with E-state index >= 15 is 0 Å². The van der Waals surface area contributed by atoms with Crippen molar-refractivity contribution >= 4 is 6.29 Å². The Hall–Kier alpha value is -2.97. The van der Waals surface area contributed by atoms with Gasteiger partial charge >= 0.3 is 6.18 Å². The van der Waals surface area contributed by atoms with Crippen LogP contribution in [0.4, 0.5) is 13.2 Å². The summed E-state index contributed by atoms with van der Waals surface area (Å²) < 4.78 is 47.1. The van der Waals surface area contributed by atoms with Crippen molar-refractivity contribution in [1.82, 2.24) is 19.9 Å². The summed E-state index contributed by atoms with van der Waals surface area (Å²) in [5.74, 6) is 0.608. The van der Waals surface area contributed by atoms with E-state index in [1.54, 1.807) is 0 Å². The Morgan fingerprint density at radius 3 is 2.62 bits per heavy atom. The van der Waals surface area contributed by atoms with Crippen molar-refractivity contribution in [3.8, 4) is 23.0 Å². The molecule has 3 rings (SSSR count). The highest BCUT2D eigenvalue weighted by Crippen LogP contribution is 2.35. The van der Waals surface area contributed by atoms with Gasteiger partial charge in [0.25, 0.3) is 5.89 Å². The van der Waals surface area contributed by atoms with E-state index < -0.39 is 11.7 Å². The highest BCUT2D eigenvalue weighted by atomic mass is 19.4. The number of hydrogen-bond acceptors (Lipinski definition) is 5. The van der Waals surface area contributed by atoms with E-state index in [0.29, 0.717) is 24.4 Å². The van der Waals surface area contributed by atoms with E-state index in [1.807, 2.05) is 17.7 Å². The van der Waals surface area contributed by atoms with E-state index in [9.17, 15) is 18.0 Å². The van der Waals surface area contributed by atoms with Crippen LogP contribution in [0.25, 0.3) is 23.0 Å². The number of carbonyl (C=O) groups excluding carboxylic acids is 1. The molecule has 0 aliphatic carbocycles. The first-order valence-corrected chi connectivity index (χ1v) is 9.27. The van der Waals surface area contributed by atoms with Crippen LogP contribution in [-0.4, -0.2) is 26.2 Å². The summed E-state index contributed by atoms with van der Waals surface area (Å²) in [6.07, 6.45) is -3.64. The second-order valence-corrected chi connectivity index (χ2v) is 7.10. The third-order valence-electron chi connectivity index (χ3n) is 4.40. The van der Waals surface area contributed by atoms with Gasteiger partial charge in [-0.3, -0.25) is 4.68 Å². The lowest BCUT2D eigenvalue weighted by Crippen LogP contribution is -2.10. The minimum absolute atomic E-state index is 0.0274. The molecule has 6 nitrogen and oxygen atoms in total. The van der Waals surface area contributed by atoms with Crippen LogP contribution in [0.15, 0.2) is 28.8 Å². The van der Waals surface area contributed by atoms with Crippen LogP contribution in [0, 0.1) is 5.92 Å². The van der Waals surface area contributed by atoms with Crippen LogP contribution in [0.1, 0.15) is 37.6 Å². The van der Waals surface area contributed by atoms with Gasteiger partial charge in [-0.1, -0.05) is 31.1 Å². The lowest BCUT2D eigenvalue weighted by Gasteiger charge is -2.12. The minimum atomic E-state index is -4.59. The number of nitrogens with zero attached hydrogens (tertiary/aromatic N) is 4. The van der Waals surface area contributed by atoms with Crippen LogP contribution in [0.3, 0.4) is 0 Å². The lowest BCUT2D eigenvalue weighted by atomic mass is 10.0. The highest BCUT2D eigenvalue weighted by molar-refractivity contribution is 5.63. The van der Waals surface area contributed by atoms with Gasteiger partial charge in [0.05, 0.1) is 5.56 Å². The summed E-state index contributed by atoms with van der Waals surface area (Å²) in [4.78, 5) is 14.9. The molecule has 154 valence electrons. The van der Waals surface area contributed by atoms with Crippen molar-refractivity contribution in [2.75, 3.05) is 0 Å². The number of alkyl halides is 3. The minimum Gasteiger partial charge on any atom is -0.332 e. The summed E-state index contributed by atoms with van der Waals surface area (Å²) >= 11 is 0. The van der Waals surface area contributed by atoms with E-state index in [0.717, 1.165) is 18.2 Å². The first-order valence-electron chi connectivity index (χ1n) is 9.27. The summed E-state index contributed by atoms with van der Waals surface area (Å²) in [5.41, 5.74) is 0.673. The Morgan fingerprint density at radius 1 is 1.24 bits per heavy atom. The largest absolute Gasteiger partial charge is 0.416 e. The number of aromatic nitrogens is 4. The van der Waals surface area contributed by atoms with Crippen molar-refractivity contribution in [3.63, 3.8) is 0 Å². The second-order valence-electron chi connectivity index (χ2n) is 7.10. The number of benzene rings is 1. The summed E-state index contributed by atoms with van der Waals surface area (Å²) in [6.45, 7) is 6.85. The molecule has 0 amide bonds. The zero-order valence-electron chi connectivity index (χ0n) is 16.3. The molecule has 0 saturated heterocycles. The zero-order chi connectivity index (χ0) is 21.2. The Morgan fingerprint density at radius 2 is 2.00 bits per heavy atom. The average molecular weight is 406 g/mol. The fraction of sp³-hybridized carbons (Fsp3) is 0.400. The normalized spacial score (nSPS) is 12.0. The fourth-order valence-corrected chi connectivity index (χ4v) is 3.11. The molecule has 9 heteroatoms.